The number of aromatic nitrogens is 1. The van der Waals surface area contributed by atoms with Gasteiger partial charge in [0.15, 0.2) is 12.2 Å². The van der Waals surface area contributed by atoms with E-state index in [1.807, 2.05) is 19.1 Å². The summed E-state index contributed by atoms with van der Waals surface area (Å²) in [5.74, 6) is -0.281. The Morgan fingerprint density at radius 1 is 1.23 bits per heavy atom. The van der Waals surface area contributed by atoms with Crippen molar-refractivity contribution in [3.05, 3.63) is 58.6 Å². The van der Waals surface area contributed by atoms with E-state index >= 15 is 0 Å². The Bertz CT molecular complexity index is 862. The average Bonchev–Trinajstić information content (AvgIpc) is 2.88. The maximum absolute atomic E-state index is 11.9. The van der Waals surface area contributed by atoms with Crippen molar-refractivity contribution in [3.8, 4) is 5.75 Å². The van der Waals surface area contributed by atoms with Gasteiger partial charge in [-0.25, -0.2) is 4.79 Å². The Labute approximate surface area is 125 Å². The number of nitrogens with one attached hydrogen (secondary N) is 2. The van der Waals surface area contributed by atoms with E-state index in [-0.39, 0.29) is 12.5 Å². The first-order chi connectivity index (χ1) is 10.6. The number of anilines is 1. The highest BCUT2D eigenvalue weighted by molar-refractivity contribution is 5.99. The summed E-state index contributed by atoms with van der Waals surface area (Å²) in [6, 6.07) is 12.5. The first-order valence-corrected chi connectivity index (χ1v) is 6.73. The van der Waals surface area contributed by atoms with Crippen molar-refractivity contribution in [1.82, 2.24) is 4.98 Å². The molecule has 0 radical (unpaired) electrons. The van der Waals surface area contributed by atoms with E-state index in [0.29, 0.717) is 22.5 Å². The number of benzene rings is 2. The number of oxazole rings is 1. The molecule has 3 rings (SSSR count). The third-order valence-electron chi connectivity index (χ3n) is 3.11. The number of hydrogen-bond acceptors (Lipinski definition) is 4. The molecule has 0 unspecified atom stereocenters. The lowest BCUT2D eigenvalue weighted by Gasteiger charge is -2.07. The lowest BCUT2D eigenvalue weighted by molar-refractivity contribution is -0.118. The fraction of sp³-hybridized carbons (Fsp3) is 0.125. The van der Waals surface area contributed by atoms with E-state index in [1.165, 1.54) is 0 Å². The van der Waals surface area contributed by atoms with E-state index in [2.05, 4.69) is 10.3 Å². The third-order valence-corrected chi connectivity index (χ3v) is 3.11. The van der Waals surface area contributed by atoms with Crippen LogP contribution >= 0.6 is 0 Å². The molecule has 0 saturated carbocycles. The molecule has 22 heavy (non-hydrogen) atoms. The van der Waals surface area contributed by atoms with E-state index in [0.717, 1.165) is 5.56 Å². The molecular weight excluding hydrogens is 284 g/mol. The zero-order chi connectivity index (χ0) is 15.5. The lowest BCUT2D eigenvalue weighted by Crippen LogP contribution is -2.20. The number of carbonyl (C=O) groups is 1. The second-order valence-electron chi connectivity index (χ2n) is 4.85. The van der Waals surface area contributed by atoms with Gasteiger partial charge in [0.2, 0.25) is 0 Å². The smallest absolute Gasteiger partial charge is 0.417 e. The van der Waals surface area contributed by atoms with Crippen LogP contribution in [0.1, 0.15) is 5.56 Å². The van der Waals surface area contributed by atoms with E-state index < -0.39 is 5.76 Å². The van der Waals surface area contributed by atoms with Gasteiger partial charge in [-0.2, -0.15) is 0 Å². The van der Waals surface area contributed by atoms with Crippen molar-refractivity contribution in [2.75, 3.05) is 11.9 Å². The minimum atomic E-state index is -0.562. The molecule has 6 nitrogen and oxygen atoms in total. The van der Waals surface area contributed by atoms with Gasteiger partial charge in [-0.05, 0) is 31.2 Å². The zero-order valence-electron chi connectivity index (χ0n) is 11.9. The molecule has 0 fully saturated rings. The normalized spacial score (nSPS) is 10.6. The van der Waals surface area contributed by atoms with Crippen molar-refractivity contribution in [3.63, 3.8) is 0 Å². The largest absolute Gasteiger partial charge is 0.484 e. The molecule has 2 N–H and O–H groups in total. The Morgan fingerprint density at radius 3 is 2.77 bits per heavy atom. The molecule has 0 spiro atoms. The molecule has 0 aliphatic rings. The van der Waals surface area contributed by atoms with Crippen molar-refractivity contribution in [1.29, 1.82) is 0 Å². The summed E-state index contributed by atoms with van der Waals surface area (Å²) in [6.07, 6.45) is 0. The fourth-order valence-corrected chi connectivity index (χ4v) is 2.04. The van der Waals surface area contributed by atoms with Crippen LogP contribution in [-0.2, 0) is 4.79 Å². The molecule has 2 aromatic carbocycles. The Morgan fingerprint density at radius 2 is 2.00 bits per heavy atom. The second kappa shape index (κ2) is 5.77. The van der Waals surface area contributed by atoms with Crippen LogP contribution in [0.25, 0.3) is 11.1 Å². The van der Waals surface area contributed by atoms with Crippen molar-refractivity contribution in [2.24, 2.45) is 0 Å². The number of aromatic amines is 1. The van der Waals surface area contributed by atoms with Crippen molar-refractivity contribution >= 4 is 22.7 Å². The van der Waals surface area contributed by atoms with E-state index in [4.69, 9.17) is 9.15 Å². The number of fused-ring (bicyclic) bond motifs is 1. The topological polar surface area (TPSA) is 84.3 Å². The monoisotopic (exact) mass is 298 g/mol. The highest BCUT2D eigenvalue weighted by atomic mass is 16.5. The summed E-state index contributed by atoms with van der Waals surface area (Å²) in [4.78, 5) is 25.7. The highest BCUT2D eigenvalue weighted by Crippen LogP contribution is 2.20. The molecule has 1 aromatic heterocycles. The van der Waals surface area contributed by atoms with Crippen LogP contribution in [0.4, 0.5) is 5.69 Å². The van der Waals surface area contributed by atoms with Crippen LogP contribution in [0, 0.1) is 6.92 Å². The predicted molar refractivity (Wildman–Crippen MR) is 82.1 cm³/mol. The quantitative estimate of drug-likeness (QED) is 0.775. The summed E-state index contributed by atoms with van der Waals surface area (Å²) < 4.78 is 10.4. The van der Waals surface area contributed by atoms with Gasteiger partial charge in [-0.3, -0.25) is 9.78 Å². The zero-order valence-corrected chi connectivity index (χ0v) is 11.9. The number of H-pyrrole nitrogens is 1. The summed E-state index contributed by atoms with van der Waals surface area (Å²) in [6.45, 7) is 1.84. The number of ether oxygens (including phenoxy) is 1. The molecule has 6 heteroatoms. The molecule has 0 aliphatic heterocycles. The standard InChI is InChI=1S/C16H14N2O4/c1-10-5-7-11(8-6-10)21-9-14(19)17-12-3-2-4-13-15(12)22-16(20)18-13/h2-8H,9H2,1H3,(H,17,19)(H,18,20). The molecule has 0 aliphatic carbocycles. The molecule has 0 atom stereocenters. The van der Waals surface area contributed by atoms with Crippen molar-refractivity contribution < 1.29 is 13.9 Å². The highest BCUT2D eigenvalue weighted by Gasteiger charge is 2.10. The maximum atomic E-state index is 11.9. The number of aryl methyl sites for hydroxylation is 1. The Balaban J connectivity index is 1.68. The van der Waals surface area contributed by atoms with Crippen LogP contribution < -0.4 is 15.8 Å². The number of amides is 1. The SMILES string of the molecule is Cc1ccc(OCC(=O)Nc2cccc3[nH]c(=O)oc23)cc1. The Hall–Kier alpha value is -3.02. The fourth-order valence-electron chi connectivity index (χ4n) is 2.04. The van der Waals surface area contributed by atoms with Crippen LogP contribution in [0.3, 0.4) is 0 Å². The summed E-state index contributed by atoms with van der Waals surface area (Å²) in [5.41, 5.74) is 2.39. The number of carbonyl (C=O) groups excluding carboxylic acids is 1. The minimum Gasteiger partial charge on any atom is -0.484 e. The number of para-hydroxylation sites is 1. The molecule has 0 saturated heterocycles. The first kappa shape index (κ1) is 13.9. The molecule has 1 heterocycles. The third kappa shape index (κ3) is 3.01. The second-order valence-corrected chi connectivity index (χ2v) is 4.85. The summed E-state index contributed by atoms with van der Waals surface area (Å²) in [5, 5.41) is 2.66. The molecular formula is C16H14N2O4. The minimum absolute atomic E-state index is 0.131. The van der Waals surface area contributed by atoms with Crippen molar-refractivity contribution in [2.45, 2.75) is 6.92 Å². The molecule has 1 amide bonds. The molecule has 0 bridgehead atoms. The summed E-state index contributed by atoms with van der Waals surface area (Å²) in [7, 11) is 0. The van der Waals surface area contributed by atoms with Gasteiger partial charge in [-0.15, -0.1) is 0 Å². The molecule has 112 valence electrons. The first-order valence-electron chi connectivity index (χ1n) is 6.73. The van der Waals surface area contributed by atoms with E-state index in [1.54, 1.807) is 30.3 Å². The lowest BCUT2D eigenvalue weighted by atomic mass is 10.2. The van der Waals surface area contributed by atoms with Gasteiger partial charge < -0.3 is 14.5 Å². The van der Waals surface area contributed by atoms with Crippen LogP contribution in [-0.4, -0.2) is 17.5 Å². The predicted octanol–water partition coefficient (Wildman–Crippen LogP) is 2.45. The van der Waals surface area contributed by atoms with Crippen LogP contribution in [0.5, 0.6) is 5.75 Å². The van der Waals surface area contributed by atoms with Gasteiger partial charge in [0.25, 0.3) is 5.91 Å². The summed E-state index contributed by atoms with van der Waals surface area (Å²) >= 11 is 0. The average molecular weight is 298 g/mol. The van der Waals surface area contributed by atoms with Crippen LogP contribution in [0.2, 0.25) is 0 Å². The maximum Gasteiger partial charge on any atom is 0.417 e. The Kier molecular flexibility index (Phi) is 3.65. The van der Waals surface area contributed by atoms with Gasteiger partial charge in [0.05, 0.1) is 11.2 Å². The van der Waals surface area contributed by atoms with Gasteiger partial charge >= 0.3 is 5.76 Å². The number of hydrogen-bond donors (Lipinski definition) is 2. The van der Waals surface area contributed by atoms with Crippen LogP contribution in [0.15, 0.2) is 51.7 Å². The van der Waals surface area contributed by atoms with Gasteiger partial charge in [0.1, 0.15) is 5.75 Å². The van der Waals surface area contributed by atoms with Gasteiger partial charge in [0, 0.05) is 0 Å². The van der Waals surface area contributed by atoms with E-state index in [9.17, 15) is 9.59 Å². The number of rotatable bonds is 4. The van der Waals surface area contributed by atoms with Gasteiger partial charge in [-0.1, -0.05) is 23.8 Å². The molecule has 3 aromatic rings.